The molecule has 2 rings (SSSR count). The smallest absolute Gasteiger partial charge is 0.273 e. The van der Waals surface area contributed by atoms with E-state index in [9.17, 15) is 4.79 Å². The van der Waals surface area contributed by atoms with E-state index in [-0.39, 0.29) is 5.91 Å². The third-order valence-electron chi connectivity index (χ3n) is 4.00. The minimum Gasteiger partial charge on any atom is -0.466 e. The first-order valence-corrected chi connectivity index (χ1v) is 7.82. The molecule has 1 aliphatic carbocycles. The van der Waals surface area contributed by atoms with Crippen LogP contribution in [0.15, 0.2) is 10.5 Å². The monoisotopic (exact) mass is 309 g/mol. The van der Waals surface area contributed by atoms with Gasteiger partial charge in [-0.15, -0.1) is 0 Å². The van der Waals surface area contributed by atoms with Gasteiger partial charge in [0.2, 0.25) is 0 Å². The lowest BCUT2D eigenvalue weighted by Crippen LogP contribution is -2.51. The lowest BCUT2D eigenvalue weighted by Gasteiger charge is -2.30. The van der Waals surface area contributed by atoms with Crippen LogP contribution in [0.25, 0.3) is 0 Å². The first-order chi connectivity index (χ1) is 9.97. The van der Waals surface area contributed by atoms with Gasteiger partial charge in [-0.3, -0.25) is 15.6 Å². The van der Waals surface area contributed by atoms with Crippen molar-refractivity contribution in [3.63, 3.8) is 0 Å². The lowest BCUT2D eigenvalue weighted by atomic mass is 9.86. The van der Waals surface area contributed by atoms with Crippen LogP contribution in [0.1, 0.15) is 54.5 Å². The summed E-state index contributed by atoms with van der Waals surface area (Å²) < 4.78 is 5.34. The number of nitrogens with one attached hydrogen (secondary N) is 3. The van der Waals surface area contributed by atoms with Crippen molar-refractivity contribution in [2.45, 2.75) is 52.5 Å². The Morgan fingerprint density at radius 2 is 2.00 bits per heavy atom. The molecule has 0 aliphatic heterocycles. The van der Waals surface area contributed by atoms with Crippen molar-refractivity contribution < 1.29 is 9.21 Å². The topological polar surface area (TPSA) is 66.3 Å². The summed E-state index contributed by atoms with van der Waals surface area (Å²) in [6.07, 6.45) is 4.86. The van der Waals surface area contributed by atoms with Crippen molar-refractivity contribution in [3.05, 3.63) is 23.2 Å². The summed E-state index contributed by atoms with van der Waals surface area (Å²) >= 11 is 5.23. The number of rotatable bonds is 2. The zero-order valence-corrected chi connectivity index (χ0v) is 13.6. The molecule has 5 nitrogen and oxygen atoms in total. The zero-order chi connectivity index (χ0) is 15.4. The number of hydrogen-bond acceptors (Lipinski definition) is 3. The predicted octanol–water partition coefficient (Wildman–Crippen LogP) is 2.58. The minimum absolute atomic E-state index is 0.245. The summed E-state index contributed by atoms with van der Waals surface area (Å²) in [7, 11) is 0. The molecule has 1 amide bonds. The standard InChI is InChI=1S/C15H23N3O2S/c1-9-6-4-5-7-13(9)16-15(21)18-17-14(19)12-8-10(2)20-11(12)3/h8-9,13H,4-7H2,1-3H3,(H,17,19)(H2,16,18,21)/t9-,13-/m1/s1. The Kier molecular flexibility index (Phi) is 5.22. The van der Waals surface area contributed by atoms with Gasteiger partial charge in [-0.2, -0.15) is 0 Å². The quantitative estimate of drug-likeness (QED) is 0.579. The maximum atomic E-state index is 12.0. The normalized spacial score (nSPS) is 21.7. The maximum absolute atomic E-state index is 12.0. The van der Waals surface area contributed by atoms with Crippen LogP contribution in [0.3, 0.4) is 0 Å². The van der Waals surface area contributed by atoms with E-state index in [1.807, 2.05) is 6.92 Å². The van der Waals surface area contributed by atoms with Gasteiger partial charge in [-0.25, -0.2) is 0 Å². The fraction of sp³-hybridized carbons (Fsp3) is 0.600. The fourth-order valence-corrected chi connectivity index (χ4v) is 2.97. The van der Waals surface area contributed by atoms with Crippen LogP contribution in [0.5, 0.6) is 0 Å². The number of amides is 1. The molecule has 1 heterocycles. The molecule has 2 atom stereocenters. The van der Waals surface area contributed by atoms with Crippen molar-refractivity contribution in [2.75, 3.05) is 0 Å². The van der Waals surface area contributed by atoms with Crippen molar-refractivity contribution in [1.82, 2.24) is 16.2 Å². The first-order valence-electron chi connectivity index (χ1n) is 7.41. The van der Waals surface area contributed by atoms with Gasteiger partial charge >= 0.3 is 0 Å². The Morgan fingerprint density at radius 1 is 1.29 bits per heavy atom. The largest absolute Gasteiger partial charge is 0.466 e. The van der Waals surface area contributed by atoms with Crippen LogP contribution in [0, 0.1) is 19.8 Å². The highest BCUT2D eigenvalue weighted by Gasteiger charge is 2.22. The van der Waals surface area contributed by atoms with Crippen molar-refractivity contribution in [1.29, 1.82) is 0 Å². The predicted molar refractivity (Wildman–Crippen MR) is 85.9 cm³/mol. The van der Waals surface area contributed by atoms with E-state index in [2.05, 4.69) is 23.1 Å². The Morgan fingerprint density at radius 3 is 2.62 bits per heavy atom. The molecular formula is C15H23N3O2S. The van der Waals surface area contributed by atoms with Crippen LogP contribution in [0.2, 0.25) is 0 Å². The van der Waals surface area contributed by atoms with Crippen LogP contribution >= 0.6 is 12.2 Å². The van der Waals surface area contributed by atoms with Gasteiger partial charge in [0, 0.05) is 6.04 Å². The fourth-order valence-electron chi connectivity index (χ4n) is 2.77. The molecule has 3 N–H and O–H groups in total. The van der Waals surface area contributed by atoms with Crippen LogP contribution < -0.4 is 16.2 Å². The number of aryl methyl sites for hydroxylation is 2. The summed E-state index contributed by atoms with van der Waals surface area (Å²) in [6.45, 7) is 5.81. The Bertz CT molecular complexity index is 527. The van der Waals surface area contributed by atoms with Gasteiger partial charge in [0.1, 0.15) is 11.5 Å². The van der Waals surface area contributed by atoms with E-state index in [1.54, 1.807) is 13.0 Å². The van der Waals surface area contributed by atoms with Crippen molar-refractivity contribution in [2.24, 2.45) is 5.92 Å². The summed E-state index contributed by atoms with van der Waals surface area (Å²) in [5.74, 6) is 1.68. The molecule has 0 bridgehead atoms. The van der Waals surface area contributed by atoms with Gasteiger partial charge in [0.05, 0.1) is 5.56 Å². The van der Waals surface area contributed by atoms with Gasteiger partial charge in [0.15, 0.2) is 5.11 Å². The van der Waals surface area contributed by atoms with E-state index in [0.29, 0.717) is 28.4 Å². The van der Waals surface area contributed by atoms with E-state index in [4.69, 9.17) is 16.6 Å². The van der Waals surface area contributed by atoms with E-state index >= 15 is 0 Å². The first kappa shape index (κ1) is 15.8. The highest BCUT2D eigenvalue weighted by Crippen LogP contribution is 2.23. The van der Waals surface area contributed by atoms with Crippen LogP contribution in [-0.2, 0) is 0 Å². The third kappa shape index (κ3) is 4.20. The van der Waals surface area contributed by atoms with Gasteiger partial charge in [0.25, 0.3) is 5.91 Å². The molecule has 1 aromatic heterocycles. The second kappa shape index (κ2) is 6.93. The summed E-state index contributed by atoms with van der Waals surface area (Å²) in [5, 5.41) is 3.74. The number of hydrogen-bond donors (Lipinski definition) is 3. The molecule has 116 valence electrons. The lowest BCUT2D eigenvalue weighted by molar-refractivity contribution is 0.0942. The molecule has 6 heteroatoms. The second-order valence-electron chi connectivity index (χ2n) is 5.75. The van der Waals surface area contributed by atoms with Gasteiger partial charge in [-0.05, 0) is 50.9 Å². The van der Waals surface area contributed by atoms with Gasteiger partial charge < -0.3 is 9.73 Å². The highest BCUT2D eigenvalue weighted by atomic mass is 32.1. The molecule has 0 spiro atoms. The molecule has 0 saturated heterocycles. The van der Waals surface area contributed by atoms with Gasteiger partial charge in [-0.1, -0.05) is 19.8 Å². The number of carbonyl (C=O) groups excluding carboxylic acids is 1. The van der Waals surface area contributed by atoms with Crippen LogP contribution in [0.4, 0.5) is 0 Å². The van der Waals surface area contributed by atoms with E-state index < -0.39 is 0 Å². The average molecular weight is 309 g/mol. The molecule has 1 aliphatic rings. The van der Waals surface area contributed by atoms with E-state index in [1.165, 1.54) is 19.3 Å². The SMILES string of the molecule is Cc1cc(C(=O)NNC(=S)N[C@@H]2CCCC[C@H]2C)c(C)o1. The molecule has 0 aromatic carbocycles. The number of thiocarbonyl (C=S) groups is 1. The summed E-state index contributed by atoms with van der Waals surface area (Å²) in [4.78, 5) is 12.0. The molecular weight excluding hydrogens is 286 g/mol. The minimum atomic E-state index is -0.245. The molecule has 21 heavy (non-hydrogen) atoms. The van der Waals surface area contributed by atoms with E-state index in [0.717, 1.165) is 12.2 Å². The molecule has 1 saturated carbocycles. The van der Waals surface area contributed by atoms with Crippen LogP contribution in [-0.4, -0.2) is 17.1 Å². The molecule has 1 fully saturated rings. The molecule has 1 aromatic rings. The third-order valence-corrected chi connectivity index (χ3v) is 4.22. The average Bonchev–Trinajstić information content (AvgIpc) is 2.78. The maximum Gasteiger partial charge on any atom is 0.273 e. The summed E-state index contributed by atoms with van der Waals surface area (Å²) in [6, 6.07) is 2.10. The van der Waals surface area contributed by atoms with Crippen molar-refractivity contribution in [3.8, 4) is 0 Å². The molecule has 0 radical (unpaired) electrons. The highest BCUT2D eigenvalue weighted by molar-refractivity contribution is 7.80. The Balaban J connectivity index is 1.81. The second-order valence-corrected chi connectivity index (χ2v) is 6.16. The Labute approximate surface area is 130 Å². The van der Waals surface area contributed by atoms with Crippen molar-refractivity contribution >= 4 is 23.2 Å². The number of carbonyl (C=O) groups is 1. The summed E-state index contributed by atoms with van der Waals surface area (Å²) in [5.41, 5.74) is 5.89. The zero-order valence-electron chi connectivity index (χ0n) is 12.8. The Hall–Kier alpha value is -1.56. The number of hydrazine groups is 1. The number of furan rings is 1. The molecule has 0 unspecified atom stereocenters.